The lowest BCUT2D eigenvalue weighted by Crippen LogP contribution is -2.02. The maximum absolute atomic E-state index is 11.3. The lowest BCUT2D eigenvalue weighted by Gasteiger charge is -2.03. The van der Waals surface area contributed by atoms with Gasteiger partial charge in [-0.25, -0.2) is 0 Å². The van der Waals surface area contributed by atoms with Crippen molar-refractivity contribution in [3.8, 4) is 0 Å². The van der Waals surface area contributed by atoms with Crippen LogP contribution in [0.4, 0.5) is 0 Å². The molecule has 0 aromatic rings. The van der Waals surface area contributed by atoms with Crippen LogP contribution in [0.15, 0.2) is 24.6 Å². The minimum absolute atomic E-state index is 0.237. The van der Waals surface area contributed by atoms with Gasteiger partial charge in [-0.15, -0.1) is 0 Å². The molecular formula is C11H20N2O. The fourth-order valence-electron chi connectivity index (χ4n) is 0.873. The van der Waals surface area contributed by atoms with Crippen LogP contribution in [-0.4, -0.2) is 43.8 Å². The van der Waals surface area contributed by atoms with Crippen LogP contribution in [0.5, 0.6) is 0 Å². The van der Waals surface area contributed by atoms with Crippen molar-refractivity contribution >= 4 is 5.78 Å². The third-order valence-corrected chi connectivity index (χ3v) is 1.50. The van der Waals surface area contributed by atoms with E-state index in [2.05, 4.69) is 0 Å². The summed E-state index contributed by atoms with van der Waals surface area (Å²) in [7, 11) is 7.75. The zero-order valence-corrected chi connectivity index (χ0v) is 9.53. The number of carbonyl (C=O) groups is 1. The summed E-state index contributed by atoms with van der Waals surface area (Å²) in [6, 6.07) is 0. The molecule has 0 heterocycles. The monoisotopic (exact) mass is 196 g/mol. The molecule has 0 aromatic heterocycles. The Morgan fingerprint density at radius 2 is 1.29 bits per heavy atom. The standard InChI is InChI=1S/C11H20N2O/c1-12(2)9-5-7-11(14)8-6-10-13(3)4/h5-6,9-10H,7-8H2,1-4H3. The van der Waals surface area contributed by atoms with Gasteiger partial charge in [0.2, 0.25) is 0 Å². The first-order valence-electron chi connectivity index (χ1n) is 4.70. The molecule has 0 unspecified atom stereocenters. The van der Waals surface area contributed by atoms with Gasteiger partial charge in [-0.05, 0) is 12.4 Å². The topological polar surface area (TPSA) is 23.6 Å². The van der Waals surface area contributed by atoms with Crippen molar-refractivity contribution in [3.05, 3.63) is 24.6 Å². The molecular weight excluding hydrogens is 176 g/mol. The lowest BCUT2D eigenvalue weighted by atomic mass is 10.2. The van der Waals surface area contributed by atoms with Gasteiger partial charge in [-0.3, -0.25) is 4.79 Å². The molecule has 0 saturated carbocycles. The first-order valence-corrected chi connectivity index (χ1v) is 4.70. The molecule has 3 nitrogen and oxygen atoms in total. The molecule has 80 valence electrons. The smallest absolute Gasteiger partial charge is 0.140 e. The largest absolute Gasteiger partial charge is 0.384 e. The number of Topliss-reactive ketones (excluding diaryl/α,β-unsaturated/α-hetero) is 1. The Kier molecular flexibility index (Phi) is 6.54. The molecule has 0 N–H and O–H groups in total. The number of allylic oxidation sites excluding steroid dienone is 2. The molecule has 0 aliphatic heterocycles. The first-order chi connectivity index (χ1) is 6.52. The maximum atomic E-state index is 11.3. The molecule has 0 saturated heterocycles. The predicted octanol–water partition coefficient (Wildman–Crippen LogP) is 1.49. The van der Waals surface area contributed by atoms with E-state index in [1.165, 1.54) is 0 Å². The molecule has 0 radical (unpaired) electrons. The fraction of sp³-hybridized carbons (Fsp3) is 0.545. The van der Waals surface area contributed by atoms with Gasteiger partial charge in [0.25, 0.3) is 0 Å². The van der Waals surface area contributed by atoms with Crippen LogP contribution in [0.2, 0.25) is 0 Å². The number of rotatable bonds is 6. The quantitative estimate of drug-likeness (QED) is 0.643. The summed E-state index contributed by atoms with van der Waals surface area (Å²) in [5.41, 5.74) is 0. The number of hydrogen-bond donors (Lipinski definition) is 0. The van der Waals surface area contributed by atoms with E-state index in [1.807, 2.05) is 62.5 Å². The Morgan fingerprint density at radius 3 is 1.57 bits per heavy atom. The van der Waals surface area contributed by atoms with Crippen molar-refractivity contribution < 1.29 is 4.79 Å². The summed E-state index contributed by atoms with van der Waals surface area (Å²) >= 11 is 0. The van der Waals surface area contributed by atoms with E-state index in [0.29, 0.717) is 12.8 Å². The zero-order chi connectivity index (χ0) is 11.0. The lowest BCUT2D eigenvalue weighted by molar-refractivity contribution is -0.117. The minimum atomic E-state index is 0.237. The van der Waals surface area contributed by atoms with Gasteiger partial charge in [0.1, 0.15) is 5.78 Å². The highest BCUT2D eigenvalue weighted by Crippen LogP contribution is 1.94. The average molecular weight is 196 g/mol. The average Bonchev–Trinajstić information content (AvgIpc) is 2.02. The Hall–Kier alpha value is -1.25. The van der Waals surface area contributed by atoms with Gasteiger partial charge in [0, 0.05) is 41.0 Å². The molecule has 0 bridgehead atoms. The molecule has 0 rings (SSSR count). The number of ketones is 1. The predicted molar refractivity (Wildman–Crippen MR) is 59.9 cm³/mol. The maximum Gasteiger partial charge on any atom is 0.140 e. The van der Waals surface area contributed by atoms with E-state index in [9.17, 15) is 4.79 Å². The van der Waals surface area contributed by atoms with Crippen molar-refractivity contribution in [2.45, 2.75) is 12.8 Å². The van der Waals surface area contributed by atoms with Gasteiger partial charge < -0.3 is 9.80 Å². The van der Waals surface area contributed by atoms with Crippen LogP contribution < -0.4 is 0 Å². The van der Waals surface area contributed by atoms with Crippen LogP contribution in [0, 0.1) is 0 Å². The highest BCUT2D eigenvalue weighted by molar-refractivity contribution is 5.81. The SMILES string of the molecule is CN(C)C=CCC(=O)CC=CN(C)C. The second-order valence-electron chi connectivity index (χ2n) is 3.64. The highest BCUT2D eigenvalue weighted by atomic mass is 16.1. The Labute approximate surface area is 86.7 Å². The van der Waals surface area contributed by atoms with E-state index < -0.39 is 0 Å². The molecule has 0 amide bonds. The van der Waals surface area contributed by atoms with Crippen LogP contribution in [-0.2, 0) is 4.79 Å². The third kappa shape index (κ3) is 8.84. The molecule has 0 spiro atoms. The van der Waals surface area contributed by atoms with E-state index in [1.54, 1.807) is 0 Å². The van der Waals surface area contributed by atoms with Crippen LogP contribution in [0.3, 0.4) is 0 Å². The summed E-state index contributed by atoms with van der Waals surface area (Å²) in [4.78, 5) is 15.1. The molecule has 0 fully saturated rings. The Balaban J connectivity index is 3.66. The number of hydrogen-bond acceptors (Lipinski definition) is 3. The molecule has 14 heavy (non-hydrogen) atoms. The van der Waals surface area contributed by atoms with E-state index in [4.69, 9.17) is 0 Å². The molecule has 0 aliphatic rings. The van der Waals surface area contributed by atoms with Crippen molar-refractivity contribution in [2.75, 3.05) is 28.2 Å². The summed E-state index contributed by atoms with van der Waals surface area (Å²) < 4.78 is 0. The number of nitrogens with zero attached hydrogens (tertiary/aromatic N) is 2. The summed E-state index contributed by atoms with van der Waals surface area (Å²) in [5, 5.41) is 0. The minimum Gasteiger partial charge on any atom is -0.384 e. The van der Waals surface area contributed by atoms with E-state index in [0.717, 1.165) is 0 Å². The second-order valence-corrected chi connectivity index (χ2v) is 3.64. The summed E-state index contributed by atoms with van der Waals surface area (Å²) in [6.45, 7) is 0. The van der Waals surface area contributed by atoms with Gasteiger partial charge in [0.15, 0.2) is 0 Å². The Morgan fingerprint density at radius 1 is 0.929 bits per heavy atom. The van der Waals surface area contributed by atoms with Gasteiger partial charge >= 0.3 is 0 Å². The zero-order valence-electron chi connectivity index (χ0n) is 9.53. The molecule has 0 aromatic carbocycles. The summed E-state index contributed by atoms with van der Waals surface area (Å²) in [6.07, 6.45) is 8.57. The normalized spacial score (nSPS) is 11.1. The highest BCUT2D eigenvalue weighted by Gasteiger charge is 1.94. The first kappa shape index (κ1) is 12.8. The molecule has 0 atom stereocenters. The molecule has 0 aliphatic carbocycles. The van der Waals surface area contributed by atoms with E-state index in [-0.39, 0.29) is 5.78 Å². The van der Waals surface area contributed by atoms with Crippen molar-refractivity contribution in [2.24, 2.45) is 0 Å². The van der Waals surface area contributed by atoms with Crippen molar-refractivity contribution in [3.63, 3.8) is 0 Å². The fourth-order valence-corrected chi connectivity index (χ4v) is 0.873. The second kappa shape index (κ2) is 7.18. The van der Waals surface area contributed by atoms with E-state index >= 15 is 0 Å². The van der Waals surface area contributed by atoms with Gasteiger partial charge in [-0.2, -0.15) is 0 Å². The van der Waals surface area contributed by atoms with Gasteiger partial charge in [0.05, 0.1) is 0 Å². The Bertz CT molecular complexity index is 195. The van der Waals surface area contributed by atoms with Crippen molar-refractivity contribution in [1.29, 1.82) is 0 Å². The third-order valence-electron chi connectivity index (χ3n) is 1.50. The van der Waals surface area contributed by atoms with Crippen LogP contribution in [0.1, 0.15) is 12.8 Å². The number of carbonyl (C=O) groups excluding carboxylic acids is 1. The van der Waals surface area contributed by atoms with Crippen LogP contribution >= 0.6 is 0 Å². The van der Waals surface area contributed by atoms with Crippen LogP contribution in [0.25, 0.3) is 0 Å². The molecule has 3 heteroatoms. The van der Waals surface area contributed by atoms with Crippen molar-refractivity contribution in [1.82, 2.24) is 9.80 Å². The van der Waals surface area contributed by atoms with Gasteiger partial charge in [-0.1, -0.05) is 12.2 Å². The summed E-state index contributed by atoms with van der Waals surface area (Å²) in [5.74, 6) is 0.237.